The molecule has 0 saturated heterocycles. The van der Waals surface area contributed by atoms with Crippen molar-refractivity contribution in [1.29, 1.82) is 0 Å². The number of hydrogen-bond donors (Lipinski definition) is 1. The Kier molecular flexibility index (Phi) is 4.75. The van der Waals surface area contributed by atoms with Crippen LogP contribution in [0.5, 0.6) is 11.5 Å². The van der Waals surface area contributed by atoms with E-state index in [1.54, 1.807) is 26.0 Å². The average molecular weight is 378 g/mol. The molecule has 0 spiro atoms. The van der Waals surface area contributed by atoms with E-state index < -0.39 is 0 Å². The number of hydrogen-bond acceptors (Lipinski definition) is 4. The molecular formula is C23H26N2O3. The maximum Gasteiger partial charge on any atom is 0.223 e. The topological polar surface area (TPSA) is 50.8 Å². The number of ether oxygens (including phenoxy) is 2. The third-order valence-electron chi connectivity index (χ3n) is 5.97. The van der Waals surface area contributed by atoms with Crippen molar-refractivity contribution in [1.82, 2.24) is 0 Å². The van der Waals surface area contributed by atoms with E-state index in [-0.39, 0.29) is 11.9 Å². The van der Waals surface area contributed by atoms with Crippen molar-refractivity contribution in [3.63, 3.8) is 0 Å². The summed E-state index contributed by atoms with van der Waals surface area (Å²) in [6.45, 7) is 1.59. The van der Waals surface area contributed by atoms with Gasteiger partial charge in [-0.1, -0.05) is 18.2 Å². The molecule has 0 radical (unpaired) electrons. The highest BCUT2D eigenvalue weighted by atomic mass is 16.5. The highest BCUT2D eigenvalue weighted by Crippen LogP contribution is 2.51. The second kappa shape index (κ2) is 7.23. The van der Waals surface area contributed by atoms with Crippen molar-refractivity contribution in [3.05, 3.63) is 59.7 Å². The van der Waals surface area contributed by atoms with Crippen LogP contribution in [0.4, 0.5) is 11.4 Å². The van der Waals surface area contributed by atoms with E-state index in [0.29, 0.717) is 11.8 Å². The second-order valence-electron chi connectivity index (χ2n) is 7.44. The van der Waals surface area contributed by atoms with Gasteiger partial charge >= 0.3 is 0 Å². The molecular weight excluding hydrogens is 352 g/mol. The molecule has 1 aliphatic heterocycles. The summed E-state index contributed by atoms with van der Waals surface area (Å²) in [6, 6.07) is 12.5. The predicted octanol–water partition coefficient (Wildman–Crippen LogP) is 4.51. The van der Waals surface area contributed by atoms with Crippen LogP contribution < -0.4 is 19.7 Å². The van der Waals surface area contributed by atoms with Gasteiger partial charge in [0, 0.05) is 31.3 Å². The number of rotatable bonds is 4. The quantitative estimate of drug-likeness (QED) is 0.795. The molecule has 2 aromatic rings. The molecule has 0 bridgehead atoms. The van der Waals surface area contributed by atoms with Crippen molar-refractivity contribution in [3.8, 4) is 11.5 Å². The first-order valence-electron chi connectivity index (χ1n) is 9.57. The zero-order valence-electron chi connectivity index (χ0n) is 16.7. The number of fused-ring (bicyclic) bond motifs is 3. The standard InChI is InChI=1S/C23H26N2O3/c1-14(26)25(2)16-9-10-20-19(13-16)17-6-5-7-18(17)23(24-20)15-8-11-21(27-3)22(12-15)28-4/h5-6,8-13,17-18,23-24H,7H2,1-4H3. The van der Waals surface area contributed by atoms with E-state index in [1.807, 2.05) is 19.2 Å². The van der Waals surface area contributed by atoms with Crippen LogP contribution in [0.2, 0.25) is 0 Å². The molecule has 28 heavy (non-hydrogen) atoms. The number of allylic oxidation sites excluding steroid dienone is 2. The number of methoxy groups -OCH3 is 2. The lowest BCUT2D eigenvalue weighted by molar-refractivity contribution is -0.116. The molecule has 2 aliphatic rings. The molecule has 0 saturated carbocycles. The fourth-order valence-electron chi connectivity index (χ4n) is 4.35. The summed E-state index contributed by atoms with van der Waals surface area (Å²) in [5.41, 5.74) is 4.48. The maximum absolute atomic E-state index is 11.8. The summed E-state index contributed by atoms with van der Waals surface area (Å²) in [5, 5.41) is 3.73. The van der Waals surface area contributed by atoms with E-state index in [9.17, 15) is 4.79 Å². The minimum atomic E-state index is 0.0328. The Labute approximate surface area is 165 Å². The molecule has 4 rings (SSSR count). The fourth-order valence-corrected chi connectivity index (χ4v) is 4.35. The van der Waals surface area contributed by atoms with Crippen LogP contribution in [0.3, 0.4) is 0 Å². The summed E-state index contributed by atoms with van der Waals surface area (Å²) in [5.74, 6) is 2.26. The Bertz CT molecular complexity index is 937. The molecule has 5 nitrogen and oxygen atoms in total. The number of carbonyl (C=O) groups is 1. The summed E-state index contributed by atoms with van der Waals surface area (Å²) < 4.78 is 10.9. The smallest absolute Gasteiger partial charge is 0.223 e. The monoisotopic (exact) mass is 378 g/mol. The molecule has 1 amide bonds. The number of carbonyl (C=O) groups excluding carboxylic acids is 1. The Balaban J connectivity index is 1.72. The first-order valence-corrected chi connectivity index (χ1v) is 9.57. The van der Waals surface area contributed by atoms with E-state index in [0.717, 1.165) is 29.3 Å². The fraction of sp³-hybridized carbons (Fsp3) is 0.348. The third-order valence-corrected chi connectivity index (χ3v) is 5.97. The van der Waals surface area contributed by atoms with Gasteiger partial charge in [-0.15, -0.1) is 0 Å². The van der Waals surface area contributed by atoms with Gasteiger partial charge in [-0.3, -0.25) is 4.79 Å². The summed E-state index contributed by atoms with van der Waals surface area (Å²) >= 11 is 0. The first kappa shape index (κ1) is 18.4. The highest BCUT2D eigenvalue weighted by Gasteiger charge is 2.38. The van der Waals surface area contributed by atoms with Gasteiger partial charge in [0.25, 0.3) is 0 Å². The highest BCUT2D eigenvalue weighted by molar-refractivity contribution is 5.91. The van der Waals surface area contributed by atoms with Gasteiger partial charge in [-0.2, -0.15) is 0 Å². The van der Waals surface area contributed by atoms with Crippen LogP contribution in [0.15, 0.2) is 48.6 Å². The van der Waals surface area contributed by atoms with Gasteiger partial charge in [0.05, 0.1) is 20.3 Å². The number of nitrogens with one attached hydrogen (secondary N) is 1. The SMILES string of the molecule is COc1ccc(C2Nc3ccc(N(C)C(C)=O)cc3C3C=CCC32)cc1OC. The number of amides is 1. The normalized spacial score (nSPS) is 22.1. The van der Waals surface area contributed by atoms with Crippen LogP contribution in [0.25, 0.3) is 0 Å². The summed E-state index contributed by atoms with van der Waals surface area (Å²) in [4.78, 5) is 13.5. The Morgan fingerprint density at radius 3 is 2.61 bits per heavy atom. The lowest BCUT2D eigenvalue weighted by Crippen LogP contribution is -2.30. The largest absolute Gasteiger partial charge is 0.493 e. The van der Waals surface area contributed by atoms with Crippen molar-refractivity contribution in [2.75, 3.05) is 31.5 Å². The Morgan fingerprint density at radius 2 is 1.89 bits per heavy atom. The van der Waals surface area contributed by atoms with Crippen LogP contribution >= 0.6 is 0 Å². The number of anilines is 2. The van der Waals surface area contributed by atoms with Crippen molar-refractivity contribution < 1.29 is 14.3 Å². The van der Waals surface area contributed by atoms with Gasteiger partial charge in [-0.05, 0) is 53.8 Å². The van der Waals surface area contributed by atoms with E-state index in [4.69, 9.17) is 9.47 Å². The molecule has 2 aromatic carbocycles. The third kappa shape index (κ3) is 3.01. The van der Waals surface area contributed by atoms with Gasteiger partial charge in [-0.25, -0.2) is 0 Å². The Morgan fingerprint density at radius 1 is 1.11 bits per heavy atom. The van der Waals surface area contributed by atoms with E-state index in [2.05, 4.69) is 41.7 Å². The van der Waals surface area contributed by atoms with Crippen LogP contribution in [-0.2, 0) is 4.79 Å². The molecule has 3 atom stereocenters. The van der Waals surface area contributed by atoms with Gasteiger partial charge in [0.1, 0.15) is 0 Å². The molecule has 0 aromatic heterocycles. The Hall–Kier alpha value is -2.95. The van der Waals surface area contributed by atoms with Crippen LogP contribution in [0, 0.1) is 5.92 Å². The lowest BCUT2D eigenvalue weighted by atomic mass is 9.77. The summed E-state index contributed by atoms with van der Waals surface area (Å²) in [6.07, 6.45) is 5.58. The molecule has 5 heteroatoms. The molecule has 3 unspecified atom stereocenters. The molecule has 0 fully saturated rings. The van der Waals surface area contributed by atoms with Crippen molar-refractivity contribution in [2.45, 2.75) is 25.3 Å². The zero-order chi connectivity index (χ0) is 19.8. The second-order valence-corrected chi connectivity index (χ2v) is 7.44. The van der Waals surface area contributed by atoms with Crippen molar-refractivity contribution >= 4 is 17.3 Å². The minimum absolute atomic E-state index is 0.0328. The average Bonchev–Trinajstić information content (AvgIpc) is 3.21. The molecule has 1 heterocycles. The van der Waals surface area contributed by atoms with E-state index in [1.165, 1.54) is 11.1 Å². The minimum Gasteiger partial charge on any atom is -0.493 e. The summed E-state index contributed by atoms with van der Waals surface area (Å²) in [7, 11) is 5.13. The number of benzene rings is 2. The lowest BCUT2D eigenvalue weighted by Gasteiger charge is -2.38. The predicted molar refractivity (Wildman–Crippen MR) is 111 cm³/mol. The van der Waals surface area contributed by atoms with Gasteiger partial charge in [0.2, 0.25) is 5.91 Å². The zero-order valence-corrected chi connectivity index (χ0v) is 16.7. The van der Waals surface area contributed by atoms with E-state index >= 15 is 0 Å². The van der Waals surface area contributed by atoms with Crippen molar-refractivity contribution in [2.24, 2.45) is 5.92 Å². The van der Waals surface area contributed by atoms with Crippen LogP contribution in [0.1, 0.15) is 36.4 Å². The first-order chi connectivity index (χ1) is 13.5. The number of nitrogens with zero attached hydrogens (tertiary/aromatic N) is 1. The van der Waals surface area contributed by atoms with Gasteiger partial charge < -0.3 is 19.7 Å². The van der Waals surface area contributed by atoms with Crippen LogP contribution in [-0.4, -0.2) is 27.2 Å². The molecule has 146 valence electrons. The molecule has 1 N–H and O–H groups in total. The molecule has 1 aliphatic carbocycles. The maximum atomic E-state index is 11.8. The van der Waals surface area contributed by atoms with Gasteiger partial charge in [0.15, 0.2) is 11.5 Å².